The number of anilines is 1. The molecular formula is C24H22N4O. The molecule has 0 aliphatic rings. The third kappa shape index (κ3) is 4.58. The van der Waals surface area contributed by atoms with Crippen LogP contribution < -0.4 is 10.6 Å². The number of benzene rings is 3. The molecule has 0 aliphatic heterocycles. The predicted octanol–water partition coefficient (Wildman–Crippen LogP) is 4.33. The second kappa shape index (κ2) is 8.52. The number of hydrogen-bond acceptors (Lipinski definition) is 4. The van der Waals surface area contributed by atoms with Gasteiger partial charge >= 0.3 is 0 Å². The summed E-state index contributed by atoms with van der Waals surface area (Å²) in [6.45, 7) is 2.66. The first-order chi connectivity index (χ1) is 14.2. The van der Waals surface area contributed by atoms with Gasteiger partial charge in [-0.05, 0) is 24.6 Å². The monoisotopic (exact) mass is 382 g/mol. The molecule has 0 unspecified atom stereocenters. The van der Waals surface area contributed by atoms with Crippen LogP contribution in [0.3, 0.4) is 0 Å². The number of rotatable bonds is 6. The molecular weight excluding hydrogens is 360 g/mol. The van der Waals surface area contributed by atoms with E-state index in [4.69, 9.17) is 4.98 Å². The van der Waals surface area contributed by atoms with Gasteiger partial charge in [0, 0.05) is 17.5 Å². The molecule has 0 aliphatic carbocycles. The molecule has 3 aromatic carbocycles. The molecule has 0 bridgehead atoms. The number of aromatic nitrogens is 2. The Morgan fingerprint density at radius 1 is 0.897 bits per heavy atom. The SMILES string of the molecule is Cc1ccc2nc(NCC(=O)NCc3ccccc3)nc(-c3ccccc3)c2c1. The van der Waals surface area contributed by atoms with E-state index in [1.807, 2.05) is 72.8 Å². The van der Waals surface area contributed by atoms with E-state index in [9.17, 15) is 4.79 Å². The summed E-state index contributed by atoms with van der Waals surface area (Å²) in [7, 11) is 0. The average Bonchev–Trinajstić information content (AvgIpc) is 2.77. The highest BCUT2D eigenvalue weighted by Crippen LogP contribution is 2.27. The molecule has 0 saturated heterocycles. The van der Waals surface area contributed by atoms with Crippen molar-refractivity contribution < 1.29 is 4.79 Å². The third-order valence-corrected chi connectivity index (χ3v) is 4.64. The van der Waals surface area contributed by atoms with Crippen molar-refractivity contribution in [3.8, 4) is 11.3 Å². The van der Waals surface area contributed by atoms with Gasteiger partial charge in [0.1, 0.15) is 0 Å². The normalized spacial score (nSPS) is 10.7. The van der Waals surface area contributed by atoms with Crippen LogP contribution in [0.15, 0.2) is 78.9 Å². The van der Waals surface area contributed by atoms with Crippen molar-refractivity contribution in [1.29, 1.82) is 0 Å². The van der Waals surface area contributed by atoms with Crippen LogP contribution in [0.25, 0.3) is 22.2 Å². The van der Waals surface area contributed by atoms with Gasteiger partial charge in [-0.15, -0.1) is 0 Å². The standard InChI is InChI=1S/C24H22N4O/c1-17-12-13-21-20(14-17)23(19-10-6-3-7-11-19)28-24(27-21)26-16-22(29)25-15-18-8-4-2-5-9-18/h2-14H,15-16H2,1H3,(H,25,29)(H,26,27,28). The molecule has 0 saturated carbocycles. The highest BCUT2D eigenvalue weighted by molar-refractivity contribution is 5.93. The number of fused-ring (bicyclic) bond motifs is 1. The van der Waals surface area contributed by atoms with Gasteiger partial charge in [-0.25, -0.2) is 9.97 Å². The summed E-state index contributed by atoms with van der Waals surface area (Å²) in [5.41, 5.74) is 4.93. The van der Waals surface area contributed by atoms with E-state index >= 15 is 0 Å². The van der Waals surface area contributed by atoms with Crippen molar-refractivity contribution in [2.24, 2.45) is 0 Å². The quantitative estimate of drug-likeness (QED) is 0.521. The van der Waals surface area contributed by atoms with Crippen LogP contribution in [-0.2, 0) is 11.3 Å². The molecule has 1 aromatic heterocycles. The number of amides is 1. The van der Waals surface area contributed by atoms with Crippen molar-refractivity contribution in [3.63, 3.8) is 0 Å². The van der Waals surface area contributed by atoms with Crippen LogP contribution in [0.2, 0.25) is 0 Å². The van der Waals surface area contributed by atoms with Crippen LogP contribution in [-0.4, -0.2) is 22.4 Å². The molecule has 29 heavy (non-hydrogen) atoms. The molecule has 0 atom stereocenters. The second-order valence-electron chi connectivity index (χ2n) is 6.90. The fourth-order valence-electron chi connectivity index (χ4n) is 3.16. The van der Waals surface area contributed by atoms with Gasteiger partial charge in [-0.3, -0.25) is 4.79 Å². The van der Waals surface area contributed by atoms with Gasteiger partial charge in [0.25, 0.3) is 0 Å². The van der Waals surface area contributed by atoms with Crippen molar-refractivity contribution in [2.45, 2.75) is 13.5 Å². The Morgan fingerprint density at radius 2 is 1.62 bits per heavy atom. The molecule has 4 aromatic rings. The summed E-state index contributed by atoms with van der Waals surface area (Å²) >= 11 is 0. The lowest BCUT2D eigenvalue weighted by Gasteiger charge is -2.11. The van der Waals surface area contributed by atoms with Crippen LogP contribution in [0.5, 0.6) is 0 Å². The molecule has 1 amide bonds. The predicted molar refractivity (Wildman–Crippen MR) is 116 cm³/mol. The Morgan fingerprint density at radius 3 is 2.38 bits per heavy atom. The van der Waals surface area contributed by atoms with Crippen molar-refractivity contribution in [2.75, 3.05) is 11.9 Å². The highest BCUT2D eigenvalue weighted by atomic mass is 16.1. The van der Waals surface area contributed by atoms with Crippen molar-refractivity contribution in [3.05, 3.63) is 90.0 Å². The Balaban J connectivity index is 1.53. The first-order valence-corrected chi connectivity index (χ1v) is 9.57. The van der Waals surface area contributed by atoms with E-state index in [0.29, 0.717) is 12.5 Å². The van der Waals surface area contributed by atoms with Crippen LogP contribution >= 0.6 is 0 Å². The third-order valence-electron chi connectivity index (χ3n) is 4.64. The van der Waals surface area contributed by atoms with Gasteiger partial charge in [0.2, 0.25) is 11.9 Å². The second-order valence-corrected chi connectivity index (χ2v) is 6.90. The molecule has 144 valence electrons. The van der Waals surface area contributed by atoms with Gasteiger partial charge in [-0.2, -0.15) is 0 Å². The van der Waals surface area contributed by atoms with E-state index in [1.165, 1.54) is 0 Å². The van der Waals surface area contributed by atoms with Crippen molar-refractivity contribution in [1.82, 2.24) is 15.3 Å². The highest BCUT2D eigenvalue weighted by Gasteiger charge is 2.11. The number of hydrogen-bond donors (Lipinski definition) is 2. The molecule has 5 heteroatoms. The lowest BCUT2D eigenvalue weighted by Crippen LogP contribution is -2.29. The van der Waals surface area contributed by atoms with E-state index in [2.05, 4.69) is 28.6 Å². The molecule has 5 nitrogen and oxygen atoms in total. The van der Waals surface area contributed by atoms with Crippen LogP contribution in [0, 0.1) is 6.92 Å². The van der Waals surface area contributed by atoms with Crippen molar-refractivity contribution >= 4 is 22.8 Å². The summed E-state index contributed by atoms with van der Waals surface area (Å²) in [6.07, 6.45) is 0. The Kier molecular flexibility index (Phi) is 5.47. The van der Waals surface area contributed by atoms with E-state index < -0.39 is 0 Å². The number of aryl methyl sites for hydroxylation is 1. The zero-order valence-electron chi connectivity index (χ0n) is 16.2. The summed E-state index contributed by atoms with van der Waals surface area (Å²) in [5.74, 6) is 0.331. The summed E-state index contributed by atoms with van der Waals surface area (Å²) in [6, 6.07) is 25.9. The topological polar surface area (TPSA) is 66.9 Å². The zero-order valence-corrected chi connectivity index (χ0v) is 16.2. The first-order valence-electron chi connectivity index (χ1n) is 9.57. The zero-order chi connectivity index (χ0) is 20.1. The lowest BCUT2D eigenvalue weighted by atomic mass is 10.0. The molecule has 1 heterocycles. The molecule has 0 fully saturated rings. The van der Waals surface area contributed by atoms with E-state index in [1.54, 1.807) is 0 Å². The van der Waals surface area contributed by atoms with E-state index in [0.717, 1.165) is 33.3 Å². The fraction of sp³-hybridized carbons (Fsp3) is 0.125. The number of carbonyl (C=O) groups is 1. The summed E-state index contributed by atoms with van der Waals surface area (Å²) in [4.78, 5) is 21.5. The number of carbonyl (C=O) groups excluding carboxylic acids is 1. The summed E-state index contributed by atoms with van der Waals surface area (Å²) < 4.78 is 0. The molecule has 0 radical (unpaired) electrons. The smallest absolute Gasteiger partial charge is 0.239 e. The number of nitrogens with one attached hydrogen (secondary N) is 2. The fourth-order valence-corrected chi connectivity index (χ4v) is 3.16. The maximum absolute atomic E-state index is 12.2. The van der Waals surface area contributed by atoms with Crippen LogP contribution in [0.1, 0.15) is 11.1 Å². The average molecular weight is 382 g/mol. The Bertz CT molecular complexity index is 1130. The number of nitrogens with zero attached hydrogens (tertiary/aromatic N) is 2. The van der Waals surface area contributed by atoms with Crippen LogP contribution in [0.4, 0.5) is 5.95 Å². The Hall–Kier alpha value is -3.73. The summed E-state index contributed by atoms with van der Waals surface area (Å²) in [5, 5.41) is 6.96. The van der Waals surface area contributed by atoms with E-state index in [-0.39, 0.29) is 12.5 Å². The maximum atomic E-state index is 12.2. The minimum atomic E-state index is -0.109. The van der Waals surface area contributed by atoms with Gasteiger partial charge < -0.3 is 10.6 Å². The van der Waals surface area contributed by atoms with Gasteiger partial charge in [0.15, 0.2) is 0 Å². The molecule has 2 N–H and O–H groups in total. The van der Waals surface area contributed by atoms with Gasteiger partial charge in [0.05, 0.1) is 17.8 Å². The lowest BCUT2D eigenvalue weighted by molar-refractivity contribution is -0.119. The minimum Gasteiger partial charge on any atom is -0.350 e. The first kappa shape index (κ1) is 18.6. The Labute approximate surface area is 169 Å². The van der Waals surface area contributed by atoms with Gasteiger partial charge in [-0.1, -0.05) is 72.3 Å². The minimum absolute atomic E-state index is 0.109. The molecule has 0 spiro atoms. The molecule has 4 rings (SSSR count). The largest absolute Gasteiger partial charge is 0.350 e. The maximum Gasteiger partial charge on any atom is 0.239 e.